The first kappa shape index (κ1) is 19.6. The normalized spacial score (nSPS) is 15.8. The Kier molecular flexibility index (Phi) is 5.39. The molecular weight excluding hydrogens is 362 g/mol. The average molecular weight is 390 g/mol. The Hall–Kier alpha value is -2.19. The van der Waals surface area contributed by atoms with Gasteiger partial charge in [0.05, 0.1) is 4.90 Å². The van der Waals surface area contributed by atoms with E-state index in [1.54, 1.807) is 10.4 Å². The zero-order chi connectivity index (χ0) is 19.8. The number of hydrogen-bond donors (Lipinski definition) is 0. The van der Waals surface area contributed by atoms with E-state index in [0.29, 0.717) is 31.1 Å². The van der Waals surface area contributed by atoms with Gasteiger partial charge in [-0.05, 0) is 55.7 Å². The van der Waals surface area contributed by atoms with Crippen molar-refractivity contribution in [3.8, 4) is 0 Å². The highest BCUT2D eigenvalue weighted by molar-refractivity contribution is 7.89. The maximum absolute atomic E-state index is 13.1. The zero-order valence-corrected chi connectivity index (χ0v) is 17.4. The number of benzene rings is 1. The molecule has 0 radical (unpaired) electrons. The fourth-order valence-corrected chi connectivity index (χ4v) is 4.95. The molecule has 2 heterocycles. The number of anilines is 2. The van der Waals surface area contributed by atoms with Gasteiger partial charge in [-0.25, -0.2) is 8.42 Å². The predicted octanol–water partition coefficient (Wildman–Crippen LogP) is 1.98. The van der Waals surface area contributed by atoms with E-state index >= 15 is 0 Å². The molecule has 3 rings (SSSR count). The summed E-state index contributed by atoms with van der Waals surface area (Å²) < 4.78 is 27.8. The minimum Gasteiger partial charge on any atom is -0.361 e. The van der Waals surface area contributed by atoms with Crippen LogP contribution in [0.4, 0.5) is 11.6 Å². The average Bonchev–Trinajstić information content (AvgIpc) is 2.64. The summed E-state index contributed by atoms with van der Waals surface area (Å²) in [5.74, 6) is 1.57. The van der Waals surface area contributed by atoms with E-state index in [0.717, 1.165) is 28.3 Å². The highest BCUT2D eigenvalue weighted by Gasteiger charge is 2.30. The molecule has 1 aliphatic rings. The van der Waals surface area contributed by atoms with E-state index in [1.807, 2.05) is 58.0 Å². The quantitative estimate of drug-likeness (QED) is 0.796. The largest absolute Gasteiger partial charge is 0.361 e. The summed E-state index contributed by atoms with van der Waals surface area (Å²) in [4.78, 5) is 4.38. The van der Waals surface area contributed by atoms with Crippen LogP contribution in [0.1, 0.15) is 16.7 Å². The van der Waals surface area contributed by atoms with Crippen molar-refractivity contribution in [2.45, 2.75) is 25.7 Å². The molecule has 0 aliphatic carbocycles. The van der Waals surface area contributed by atoms with Gasteiger partial charge < -0.3 is 9.80 Å². The number of rotatable bonds is 4. The van der Waals surface area contributed by atoms with Crippen molar-refractivity contribution < 1.29 is 8.42 Å². The predicted molar refractivity (Wildman–Crippen MR) is 108 cm³/mol. The number of nitrogens with zero attached hydrogens (tertiary/aromatic N) is 5. The lowest BCUT2D eigenvalue weighted by Crippen LogP contribution is -2.49. The van der Waals surface area contributed by atoms with Crippen molar-refractivity contribution in [2.24, 2.45) is 0 Å². The van der Waals surface area contributed by atoms with Gasteiger partial charge in [0.15, 0.2) is 11.6 Å². The Labute approximate surface area is 161 Å². The standard InChI is InChI=1S/C19H27N5O2S/c1-14-12-16(3)17(13-15(14)2)27(25,26)24-10-8-23(9-11-24)19-7-6-18(20-21-19)22(4)5/h6-7,12-13H,8-11H2,1-5H3. The van der Waals surface area contributed by atoms with Crippen LogP contribution >= 0.6 is 0 Å². The molecule has 0 unspecified atom stereocenters. The van der Waals surface area contributed by atoms with Crippen LogP contribution < -0.4 is 9.80 Å². The molecule has 2 aromatic rings. The van der Waals surface area contributed by atoms with Crippen LogP contribution in [-0.2, 0) is 10.0 Å². The molecule has 1 fully saturated rings. The van der Waals surface area contributed by atoms with E-state index in [9.17, 15) is 8.42 Å². The number of aromatic nitrogens is 2. The van der Waals surface area contributed by atoms with E-state index in [-0.39, 0.29) is 0 Å². The lowest BCUT2D eigenvalue weighted by molar-refractivity contribution is 0.383. The fourth-order valence-electron chi connectivity index (χ4n) is 3.23. The Morgan fingerprint density at radius 1 is 0.889 bits per heavy atom. The van der Waals surface area contributed by atoms with Crippen LogP contribution in [0.25, 0.3) is 0 Å². The van der Waals surface area contributed by atoms with Gasteiger partial charge >= 0.3 is 0 Å². The first-order valence-electron chi connectivity index (χ1n) is 9.04. The van der Waals surface area contributed by atoms with Crippen LogP contribution in [-0.4, -0.2) is 63.2 Å². The number of piperazine rings is 1. The molecule has 1 saturated heterocycles. The number of aryl methyl sites for hydroxylation is 3. The summed E-state index contributed by atoms with van der Waals surface area (Å²) in [5, 5.41) is 8.47. The molecule has 1 aromatic carbocycles. The summed E-state index contributed by atoms with van der Waals surface area (Å²) in [6.45, 7) is 7.87. The molecule has 27 heavy (non-hydrogen) atoms. The summed E-state index contributed by atoms with van der Waals surface area (Å²) in [7, 11) is 0.346. The smallest absolute Gasteiger partial charge is 0.243 e. The monoisotopic (exact) mass is 389 g/mol. The summed E-state index contributed by atoms with van der Waals surface area (Å²) in [6.07, 6.45) is 0. The highest BCUT2D eigenvalue weighted by atomic mass is 32.2. The van der Waals surface area contributed by atoms with Gasteiger partial charge in [-0.2, -0.15) is 4.31 Å². The second kappa shape index (κ2) is 7.44. The minimum absolute atomic E-state index is 0.411. The molecule has 8 heteroatoms. The molecule has 7 nitrogen and oxygen atoms in total. The fraction of sp³-hybridized carbons (Fsp3) is 0.474. The third-order valence-electron chi connectivity index (χ3n) is 5.07. The van der Waals surface area contributed by atoms with Gasteiger partial charge in [0.1, 0.15) is 0 Å². The van der Waals surface area contributed by atoms with Crippen LogP contribution in [0, 0.1) is 20.8 Å². The van der Waals surface area contributed by atoms with E-state index < -0.39 is 10.0 Å². The van der Waals surface area contributed by atoms with E-state index in [2.05, 4.69) is 15.1 Å². The Morgan fingerprint density at radius 2 is 1.52 bits per heavy atom. The second-order valence-electron chi connectivity index (χ2n) is 7.24. The van der Waals surface area contributed by atoms with Gasteiger partial charge in [-0.15, -0.1) is 10.2 Å². The molecule has 0 spiro atoms. The Balaban J connectivity index is 1.74. The molecule has 0 N–H and O–H groups in total. The summed E-state index contributed by atoms with van der Waals surface area (Å²) in [5.41, 5.74) is 2.90. The molecule has 0 saturated carbocycles. The number of hydrogen-bond acceptors (Lipinski definition) is 6. The van der Waals surface area contributed by atoms with Crippen molar-refractivity contribution in [2.75, 3.05) is 50.1 Å². The molecule has 1 aromatic heterocycles. The first-order valence-corrected chi connectivity index (χ1v) is 10.5. The second-order valence-corrected chi connectivity index (χ2v) is 9.14. The molecule has 146 valence electrons. The van der Waals surface area contributed by atoms with Gasteiger partial charge in [-0.1, -0.05) is 6.07 Å². The van der Waals surface area contributed by atoms with Crippen LogP contribution in [0.15, 0.2) is 29.2 Å². The molecule has 0 bridgehead atoms. The summed E-state index contributed by atoms with van der Waals surface area (Å²) in [6, 6.07) is 7.59. The lowest BCUT2D eigenvalue weighted by Gasteiger charge is -2.34. The minimum atomic E-state index is -3.49. The van der Waals surface area contributed by atoms with Crippen LogP contribution in [0.5, 0.6) is 0 Å². The van der Waals surface area contributed by atoms with Crippen molar-refractivity contribution in [3.05, 3.63) is 41.0 Å². The molecule has 1 aliphatic heterocycles. The van der Waals surface area contributed by atoms with Crippen molar-refractivity contribution in [1.29, 1.82) is 0 Å². The van der Waals surface area contributed by atoms with Crippen LogP contribution in [0.2, 0.25) is 0 Å². The van der Waals surface area contributed by atoms with E-state index in [4.69, 9.17) is 0 Å². The summed E-state index contributed by atoms with van der Waals surface area (Å²) >= 11 is 0. The number of sulfonamides is 1. The maximum Gasteiger partial charge on any atom is 0.243 e. The Morgan fingerprint density at radius 3 is 2.07 bits per heavy atom. The van der Waals surface area contributed by atoms with Crippen molar-refractivity contribution in [1.82, 2.24) is 14.5 Å². The molecule has 0 atom stereocenters. The molecule has 0 amide bonds. The maximum atomic E-state index is 13.1. The van der Waals surface area contributed by atoms with Crippen molar-refractivity contribution >= 4 is 21.7 Å². The third kappa shape index (κ3) is 3.91. The Bertz CT molecular complexity index is 918. The van der Waals surface area contributed by atoms with Gasteiger partial charge in [0.2, 0.25) is 10.0 Å². The van der Waals surface area contributed by atoms with Gasteiger partial charge in [-0.3, -0.25) is 0 Å². The highest BCUT2D eigenvalue weighted by Crippen LogP contribution is 2.25. The third-order valence-corrected chi connectivity index (χ3v) is 7.11. The topological polar surface area (TPSA) is 69.6 Å². The van der Waals surface area contributed by atoms with Gasteiger partial charge in [0, 0.05) is 40.3 Å². The zero-order valence-electron chi connectivity index (χ0n) is 16.6. The van der Waals surface area contributed by atoms with Crippen molar-refractivity contribution in [3.63, 3.8) is 0 Å². The molecular formula is C19H27N5O2S. The van der Waals surface area contributed by atoms with Gasteiger partial charge in [0.25, 0.3) is 0 Å². The van der Waals surface area contributed by atoms with E-state index in [1.165, 1.54) is 0 Å². The first-order chi connectivity index (χ1) is 12.7. The SMILES string of the molecule is Cc1cc(C)c(S(=O)(=O)N2CCN(c3ccc(N(C)C)nn3)CC2)cc1C. The lowest BCUT2D eigenvalue weighted by atomic mass is 10.1. The van der Waals surface area contributed by atoms with Crippen LogP contribution in [0.3, 0.4) is 0 Å².